The number of nitrogens with zero attached hydrogens (tertiary/aromatic N) is 1. The number of ether oxygens (including phenoxy) is 1. The minimum Gasteiger partial charge on any atom is -0.461 e. The molecule has 1 rings (SSSR count). The van der Waals surface area contributed by atoms with E-state index in [4.69, 9.17) is 10.5 Å². The Bertz CT molecular complexity index is 309. The number of pyridine rings is 1. The number of carbonyl (C=O) groups is 1. The van der Waals surface area contributed by atoms with Crippen LogP contribution >= 0.6 is 0 Å². The van der Waals surface area contributed by atoms with E-state index in [-0.39, 0.29) is 5.97 Å². The average molecular weight is 208 g/mol. The van der Waals surface area contributed by atoms with E-state index >= 15 is 0 Å². The Morgan fingerprint density at radius 3 is 2.87 bits per heavy atom. The SMILES string of the molecule is CCCCOC(=O)c1ccc(CN)cn1. The maximum absolute atomic E-state index is 11.4. The van der Waals surface area contributed by atoms with Crippen LogP contribution in [0, 0.1) is 0 Å². The summed E-state index contributed by atoms with van der Waals surface area (Å²) in [6.45, 7) is 2.93. The number of hydrogen-bond acceptors (Lipinski definition) is 4. The van der Waals surface area contributed by atoms with Gasteiger partial charge in [-0.3, -0.25) is 0 Å². The molecular weight excluding hydrogens is 192 g/mol. The number of aromatic nitrogens is 1. The van der Waals surface area contributed by atoms with Crippen LogP contribution in [-0.4, -0.2) is 17.6 Å². The number of esters is 1. The quantitative estimate of drug-likeness (QED) is 0.588. The Kier molecular flexibility index (Phi) is 4.77. The predicted molar refractivity (Wildman–Crippen MR) is 57.3 cm³/mol. The van der Waals surface area contributed by atoms with Gasteiger partial charge in [0.15, 0.2) is 0 Å². The van der Waals surface area contributed by atoms with Gasteiger partial charge in [-0.15, -0.1) is 0 Å². The highest BCUT2D eigenvalue weighted by molar-refractivity contribution is 5.87. The molecule has 15 heavy (non-hydrogen) atoms. The fourth-order valence-corrected chi connectivity index (χ4v) is 1.05. The topological polar surface area (TPSA) is 65.2 Å². The van der Waals surface area contributed by atoms with Crippen LogP contribution in [0.2, 0.25) is 0 Å². The Morgan fingerprint density at radius 1 is 1.53 bits per heavy atom. The predicted octanol–water partition coefficient (Wildman–Crippen LogP) is 1.50. The Morgan fingerprint density at radius 2 is 2.33 bits per heavy atom. The van der Waals surface area contributed by atoms with Crippen LogP contribution in [0.25, 0.3) is 0 Å². The molecule has 0 radical (unpaired) electrons. The van der Waals surface area contributed by atoms with Crippen LogP contribution in [0.1, 0.15) is 35.8 Å². The highest BCUT2D eigenvalue weighted by Crippen LogP contribution is 2.02. The van der Waals surface area contributed by atoms with Crippen molar-refractivity contribution in [2.75, 3.05) is 6.61 Å². The summed E-state index contributed by atoms with van der Waals surface area (Å²) < 4.78 is 5.01. The maximum atomic E-state index is 11.4. The highest BCUT2D eigenvalue weighted by Gasteiger charge is 2.07. The van der Waals surface area contributed by atoms with Crippen LogP contribution in [0.15, 0.2) is 18.3 Å². The standard InChI is InChI=1S/C11H16N2O2/c1-2-3-6-15-11(14)10-5-4-9(7-12)8-13-10/h4-5,8H,2-3,6-7,12H2,1H3. The molecule has 82 valence electrons. The van der Waals surface area contributed by atoms with Crippen LogP contribution in [0.4, 0.5) is 0 Å². The molecule has 2 N–H and O–H groups in total. The normalized spacial score (nSPS) is 10.0. The van der Waals surface area contributed by atoms with E-state index in [0.717, 1.165) is 18.4 Å². The van der Waals surface area contributed by atoms with E-state index in [9.17, 15) is 4.79 Å². The summed E-state index contributed by atoms with van der Waals surface area (Å²) in [4.78, 5) is 15.4. The molecule has 0 atom stereocenters. The first kappa shape index (κ1) is 11.7. The second-order valence-electron chi connectivity index (χ2n) is 3.25. The van der Waals surface area contributed by atoms with Gasteiger partial charge in [-0.05, 0) is 18.1 Å². The molecule has 0 aliphatic carbocycles. The van der Waals surface area contributed by atoms with Crippen LogP contribution in [0.3, 0.4) is 0 Å². The van der Waals surface area contributed by atoms with Crippen molar-refractivity contribution < 1.29 is 9.53 Å². The number of hydrogen-bond donors (Lipinski definition) is 1. The van der Waals surface area contributed by atoms with Gasteiger partial charge in [0.25, 0.3) is 0 Å². The molecule has 0 amide bonds. The monoisotopic (exact) mass is 208 g/mol. The molecule has 1 aromatic rings. The number of nitrogens with two attached hydrogens (primary N) is 1. The van der Waals surface area contributed by atoms with E-state index in [0.29, 0.717) is 18.8 Å². The molecule has 0 aliphatic rings. The number of rotatable bonds is 5. The van der Waals surface area contributed by atoms with Gasteiger partial charge in [0.05, 0.1) is 6.61 Å². The molecule has 4 nitrogen and oxygen atoms in total. The summed E-state index contributed by atoms with van der Waals surface area (Å²) in [6.07, 6.45) is 3.48. The average Bonchev–Trinajstić information content (AvgIpc) is 2.29. The lowest BCUT2D eigenvalue weighted by atomic mass is 10.2. The fourth-order valence-electron chi connectivity index (χ4n) is 1.05. The molecule has 0 aliphatic heterocycles. The molecule has 0 unspecified atom stereocenters. The second kappa shape index (κ2) is 6.14. The smallest absolute Gasteiger partial charge is 0.356 e. The zero-order valence-corrected chi connectivity index (χ0v) is 8.90. The zero-order valence-electron chi connectivity index (χ0n) is 8.90. The van der Waals surface area contributed by atoms with Gasteiger partial charge in [-0.1, -0.05) is 19.4 Å². The lowest BCUT2D eigenvalue weighted by Crippen LogP contribution is -2.09. The molecule has 1 aromatic heterocycles. The first-order valence-corrected chi connectivity index (χ1v) is 5.10. The van der Waals surface area contributed by atoms with Crippen molar-refractivity contribution in [3.8, 4) is 0 Å². The van der Waals surface area contributed by atoms with Crippen LogP contribution < -0.4 is 5.73 Å². The number of carbonyl (C=O) groups excluding carboxylic acids is 1. The largest absolute Gasteiger partial charge is 0.461 e. The van der Waals surface area contributed by atoms with E-state index in [1.54, 1.807) is 18.3 Å². The first-order chi connectivity index (χ1) is 7.27. The minimum atomic E-state index is -0.368. The van der Waals surface area contributed by atoms with Crippen molar-refractivity contribution in [1.82, 2.24) is 4.98 Å². The molecule has 0 saturated heterocycles. The van der Waals surface area contributed by atoms with Crippen LogP contribution in [-0.2, 0) is 11.3 Å². The third kappa shape index (κ3) is 3.67. The lowest BCUT2D eigenvalue weighted by Gasteiger charge is -2.03. The van der Waals surface area contributed by atoms with Gasteiger partial charge < -0.3 is 10.5 Å². The fraction of sp³-hybridized carbons (Fsp3) is 0.455. The maximum Gasteiger partial charge on any atom is 0.356 e. The molecule has 0 saturated carbocycles. The van der Waals surface area contributed by atoms with Crippen molar-refractivity contribution in [3.63, 3.8) is 0 Å². The zero-order chi connectivity index (χ0) is 11.1. The van der Waals surface area contributed by atoms with Gasteiger partial charge in [0, 0.05) is 12.7 Å². The summed E-state index contributed by atoms with van der Waals surface area (Å²) in [5.74, 6) is -0.368. The highest BCUT2D eigenvalue weighted by atomic mass is 16.5. The Labute approximate surface area is 89.5 Å². The Balaban J connectivity index is 2.50. The van der Waals surface area contributed by atoms with Crippen molar-refractivity contribution in [3.05, 3.63) is 29.6 Å². The van der Waals surface area contributed by atoms with Gasteiger partial charge >= 0.3 is 5.97 Å². The molecular formula is C11H16N2O2. The molecule has 0 fully saturated rings. The summed E-state index contributed by atoms with van der Waals surface area (Å²) in [6, 6.07) is 3.42. The summed E-state index contributed by atoms with van der Waals surface area (Å²) >= 11 is 0. The molecule has 1 heterocycles. The second-order valence-corrected chi connectivity index (χ2v) is 3.25. The molecule has 0 aromatic carbocycles. The van der Waals surface area contributed by atoms with Gasteiger partial charge in [-0.25, -0.2) is 9.78 Å². The van der Waals surface area contributed by atoms with Crippen molar-refractivity contribution in [2.24, 2.45) is 5.73 Å². The molecule has 0 spiro atoms. The first-order valence-electron chi connectivity index (χ1n) is 5.10. The summed E-state index contributed by atoms with van der Waals surface area (Å²) in [7, 11) is 0. The number of unbranched alkanes of at least 4 members (excludes halogenated alkanes) is 1. The van der Waals surface area contributed by atoms with E-state index in [1.165, 1.54) is 0 Å². The van der Waals surface area contributed by atoms with Crippen molar-refractivity contribution in [1.29, 1.82) is 0 Å². The minimum absolute atomic E-state index is 0.336. The van der Waals surface area contributed by atoms with E-state index < -0.39 is 0 Å². The van der Waals surface area contributed by atoms with Gasteiger partial charge in [0.1, 0.15) is 5.69 Å². The Hall–Kier alpha value is -1.42. The van der Waals surface area contributed by atoms with Crippen molar-refractivity contribution >= 4 is 5.97 Å². The third-order valence-electron chi connectivity index (χ3n) is 2.00. The third-order valence-corrected chi connectivity index (χ3v) is 2.00. The lowest BCUT2D eigenvalue weighted by molar-refractivity contribution is 0.0493. The summed E-state index contributed by atoms with van der Waals surface area (Å²) in [5.41, 5.74) is 6.66. The van der Waals surface area contributed by atoms with E-state index in [1.807, 2.05) is 6.92 Å². The van der Waals surface area contributed by atoms with Crippen molar-refractivity contribution in [2.45, 2.75) is 26.3 Å². The molecule has 0 bridgehead atoms. The van der Waals surface area contributed by atoms with Gasteiger partial charge in [0.2, 0.25) is 0 Å². The molecule has 4 heteroatoms. The van der Waals surface area contributed by atoms with Gasteiger partial charge in [-0.2, -0.15) is 0 Å². The summed E-state index contributed by atoms with van der Waals surface area (Å²) in [5, 5.41) is 0. The van der Waals surface area contributed by atoms with Crippen LogP contribution in [0.5, 0.6) is 0 Å². The van der Waals surface area contributed by atoms with E-state index in [2.05, 4.69) is 4.98 Å².